The van der Waals surface area contributed by atoms with Gasteiger partial charge >= 0.3 is 5.97 Å². The summed E-state index contributed by atoms with van der Waals surface area (Å²) < 4.78 is 0. The van der Waals surface area contributed by atoms with Crippen molar-refractivity contribution in [3.63, 3.8) is 0 Å². The van der Waals surface area contributed by atoms with Gasteiger partial charge in [-0.05, 0) is 25.7 Å². The highest BCUT2D eigenvalue weighted by Crippen LogP contribution is 2.23. The molecule has 6 nitrogen and oxygen atoms in total. The van der Waals surface area contributed by atoms with Gasteiger partial charge in [0, 0.05) is 18.4 Å². The third-order valence-corrected chi connectivity index (χ3v) is 4.11. The third kappa shape index (κ3) is 6.03. The minimum absolute atomic E-state index is 0.0126. The summed E-state index contributed by atoms with van der Waals surface area (Å²) in [5, 5.41) is 14.4. The second-order valence-corrected chi connectivity index (χ2v) is 6.58. The van der Waals surface area contributed by atoms with Crippen LogP contribution in [0, 0.1) is 11.8 Å². The van der Waals surface area contributed by atoms with E-state index in [1.54, 1.807) is 20.8 Å². The molecule has 0 heterocycles. The van der Waals surface area contributed by atoms with Crippen LogP contribution in [0.5, 0.6) is 0 Å². The lowest BCUT2D eigenvalue weighted by Crippen LogP contribution is -2.47. The number of carbonyl (C=O) groups excluding carboxylic acids is 2. The Morgan fingerprint density at radius 2 is 1.64 bits per heavy atom. The predicted molar refractivity (Wildman–Crippen MR) is 83.2 cm³/mol. The Morgan fingerprint density at radius 1 is 1.05 bits per heavy atom. The average molecular weight is 312 g/mol. The molecule has 0 aromatic heterocycles. The number of amides is 2. The molecule has 0 saturated heterocycles. The molecule has 2 amide bonds. The van der Waals surface area contributed by atoms with E-state index in [1.165, 1.54) is 6.42 Å². The molecular formula is C16H28N2O4. The van der Waals surface area contributed by atoms with Crippen LogP contribution in [0.15, 0.2) is 0 Å². The van der Waals surface area contributed by atoms with Crippen molar-refractivity contribution >= 4 is 17.8 Å². The normalized spacial score (nSPS) is 18.5. The fraction of sp³-hybridized carbons (Fsp3) is 0.812. The van der Waals surface area contributed by atoms with Crippen molar-refractivity contribution in [1.29, 1.82) is 0 Å². The summed E-state index contributed by atoms with van der Waals surface area (Å²) in [6, 6.07) is -1.19. The number of hydrogen-bond acceptors (Lipinski definition) is 3. The van der Waals surface area contributed by atoms with E-state index < -0.39 is 12.0 Å². The summed E-state index contributed by atoms with van der Waals surface area (Å²) in [6.45, 7) is 5.26. The number of carbonyl (C=O) groups is 3. The minimum atomic E-state index is -1.04. The first-order valence-electron chi connectivity index (χ1n) is 8.13. The lowest BCUT2D eigenvalue weighted by atomic mass is 9.88. The highest BCUT2D eigenvalue weighted by atomic mass is 16.4. The largest absolute Gasteiger partial charge is 0.480 e. The number of carboxylic acid groups (broad SMARTS) is 1. The molecule has 0 aromatic carbocycles. The fourth-order valence-corrected chi connectivity index (χ4v) is 2.80. The van der Waals surface area contributed by atoms with Gasteiger partial charge in [-0.1, -0.05) is 33.1 Å². The molecule has 0 bridgehead atoms. The molecule has 1 saturated carbocycles. The highest BCUT2D eigenvalue weighted by molar-refractivity contribution is 5.85. The first-order chi connectivity index (χ1) is 10.3. The number of aliphatic carboxylic acids is 1. The molecule has 6 heteroatoms. The van der Waals surface area contributed by atoms with Crippen molar-refractivity contribution in [3.05, 3.63) is 0 Å². The molecule has 1 aliphatic rings. The van der Waals surface area contributed by atoms with Crippen LogP contribution in [-0.4, -0.2) is 35.0 Å². The maximum Gasteiger partial charge on any atom is 0.326 e. The van der Waals surface area contributed by atoms with Crippen LogP contribution >= 0.6 is 0 Å². The van der Waals surface area contributed by atoms with Gasteiger partial charge in [-0.2, -0.15) is 0 Å². The smallest absolute Gasteiger partial charge is 0.326 e. The SMILES string of the molecule is CC(CC(=O)N[C@@H](C(=O)O)C(C)C)NC(=O)C1CCCCC1. The Kier molecular flexibility index (Phi) is 7.35. The molecule has 1 unspecified atom stereocenters. The van der Waals surface area contributed by atoms with Crippen molar-refractivity contribution in [2.75, 3.05) is 0 Å². The van der Waals surface area contributed by atoms with Gasteiger partial charge in [0.15, 0.2) is 0 Å². The second kappa shape index (κ2) is 8.76. The Morgan fingerprint density at radius 3 is 2.14 bits per heavy atom. The van der Waals surface area contributed by atoms with Gasteiger partial charge in [0.25, 0.3) is 0 Å². The molecular weight excluding hydrogens is 284 g/mol. The van der Waals surface area contributed by atoms with E-state index in [2.05, 4.69) is 10.6 Å². The third-order valence-electron chi connectivity index (χ3n) is 4.11. The van der Waals surface area contributed by atoms with E-state index in [0.717, 1.165) is 25.7 Å². The Balaban J connectivity index is 2.39. The maximum atomic E-state index is 12.1. The second-order valence-electron chi connectivity index (χ2n) is 6.58. The zero-order valence-electron chi connectivity index (χ0n) is 13.7. The molecule has 126 valence electrons. The van der Waals surface area contributed by atoms with E-state index in [0.29, 0.717) is 0 Å². The first kappa shape index (κ1) is 18.5. The molecule has 22 heavy (non-hydrogen) atoms. The van der Waals surface area contributed by atoms with Crippen molar-refractivity contribution in [1.82, 2.24) is 10.6 Å². The highest BCUT2D eigenvalue weighted by Gasteiger charge is 2.26. The van der Waals surface area contributed by atoms with Gasteiger partial charge < -0.3 is 15.7 Å². The van der Waals surface area contributed by atoms with Gasteiger partial charge in [0.2, 0.25) is 11.8 Å². The Labute approximate surface area is 132 Å². The first-order valence-corrected chi connectivity index (χ1v) is 8.13. The maximum absolute atomic E-state index is 12.1. The fourth-order valence-electron chi connectivity index (χ4n) is 2.80. The van der Waals surface area contributed by atoms with E-state index in [1.807, 2.05) is 0 Å². The lowest BCUT2D eigenvalue weighted by Gasteiger charge is -2.24. The lowest BCUT2D eigenvalue weighted by molar-refractivity contribution is -0.143. The van der Waals surface area contributed by atoms with Crippen molar-refractivity contribution in [3.8, 4) is 0 Å². The number of carboxylic acids is 1. The summed E-state index contributed by atoms with van der Waals surface area (Å²) in [5.41, 5.74) is 0. The minimum Gasteiger partial charge on any atom is -0.480 e. The van der Waals surface area contributed by atoms with Crippen LogP contribution in [0.1, 0.15) is 59.3 Å². The summed E-state index contributed by atoms with van der Waals surface area (Å²) in [5.74, 6) is -1.51. The van der Waals surface area contributed by atoms with Crippen molar-refractivity contribution in [2.45, 2.75) is 71.4 Å². The standard InChI is InChI=1S/C16H28N2O4/c1-10(2)14(16(21)22)18-13(19)9-11(3)17-15(20)12-7-5-4-6-8-12/h10-12,14H,4-9H2,1-3H3,(H,17,20)(H,18,19)(H,21,22)/t11?,14-/m1/s1. The molecule has 0 radical (unpaired) electrons. The number of rotatable bonds is 7. The van der Waals surface area contributed by atoms with Crippen molar-refractivity contribution in [2.24, 2.45) is 11.8 Å². The zero-order chi connectivity index (χ0) is 16.7. The van der Waals surface area contributed by atoms with Crippen LogP contribution in [0.3, 0.4) is 0 Å². The summed E-state index contributed by atoms with van der Waals surface area (Å²) >= 11 is 0. The summed E-state index contributed by atoms with van der Waals surface area (Å²) in [4.78, 5) is 35.1. The quantitative estimate of drug-likeness (QED) is 0.666. The molecule has 0 aromatic rings. The van der Waals surface area contributed by atoms with E-state index in [-0.39, 0.29) is 36.1 Å². The summed E-state index contributed by atoms with van der Waals surface area (Å²) in [6.07, 6.45) is 5.28. The van der Waals surface area contributed by atoms with Crippen LogP contribution in [0.4, 0.5) is 0 Å². The molecule has 0 spiro atoms. The Bertz CT molecular complexity index is 403. The van der Waals surface area contributed by atoms with E-state index in [4.69, 9.17) is 5.11 Å². The zero-order valence-corrected chi connectivity index (χ0v) is 13.7. The topological polar surface area (TPSA) is 95.5 Å². The van der Waals surface area contributed by atoms with E-state index >= 15 is 0 Å². The molecule has 2 atom stereocenters. The molecule has 1 aliphatic carbocycles. The van der Waals surface area contributed by atoms with Gasteiger partial charge in [-0.15, -0.1) is 0 Å². The van der Waals surface area contributed by atoms with Gasteiger partial charge in [0.1, 0.15) is 6.04 Å². The monoisotopic (exact) mass is 312 g/mol. The Hall–Kier alpha value is -1.59. The van der Waals surface area contributed by atoms with E-state index in [9.17, 15) is 14.4 Å². The molecule has 0 aliphatic heterocycles. The number of hydrogen-bond donors (Lipinski definition) is 3. The van der Waals surface area contributed by atoms with Crippen LogP contribution < -0.4 is 10.6 Å². The van der Waals surface area contributed by atoms with Crippen LogP contribution in [-0.2, 0) is 14.4 Å². The average Bonchev–Trinajstić information content (AvgIpc) is 2.44. The van der Waals surface area contributed by atoms with Crippen LogP contribution in [0.25, 0.3) is 0 Å². The number of nitrogens with one attached hydrogen (secondary N) is 2. The van der Waals surface area contributed by atoms with Crippen LogP contribution in [0.2, 0.25) is 0 Å². The molecule has 1 fully saturated rings. The van der Waals surface area contributed by atoms with Gasteiger partial charge in [0.05, 0.1) is 0 Å². The molecule has 3 N–H and O–H groups in total. The van der Waals surface area contributed by atoms with Gasteiger partial charge in [-0.3, -0.25) is 9.59 Å². The summed E-state index contributed by atoms with van der Waals surface area (Å²) in [7, 11) is 0. The van der Waals surface area contributed by atoms with Gasteiger partial charge in [-0.25, -0.2) is 4.79 Å². The predicted octanol–water partition coefficient (Wildman–Crippen LogP) is 1.69. The molecule has 1 rings (SSSR count). The van der Waals surface area contributed by atoms with Crippen molar-refractivity contribution < 1.29 is 19.5 Å².